The minimum atomic E-state index is -0.473. The number of hydroxylamine groups is 1. The van der Waals surface area contributed by atoms with Gasteiger partial charge in [-0.2, -0.15) is 5.10 Å². The van der Waals surface area contributed by atoms with E-state index < -0.39 is 5.41 Å². The molecular formula is C30H46N4O2. The number of nitrogens with one attached hydrogen (secondary N) is 2. The Morgan fingerprint density at radius 3 is 2.58 bits per heavy atom. The number of hydrogen-bond acceptors (Lipinski definition) is 4. The molecule has 0 saturated heterocycles. The highest BCUT2D eigenvalue weighted by molar-refractivity contribution is 5.83. The van der Waals surface area contributed by atoms with Crippen LogP contribution in [0.3, 0.4) is 0 Å². The third-order valence-electron chi connectivity index (χ3n) is 13.1. The van der Waals surface area contributed by atoms with Crippen LogP contribution in [0.25, 0.3) is 0 Å². The first-order valence-electron chi connectivity index (χ1n) is 14.3. The van der Waals surface area contributed by atoms with E-state index in [1.165, 1.54) is 29.7 Å². The zero-order valence-electron chi connectivity index (χ0n) is 23.1. The number of hydrogen-bond donors (Lipinski definition) is 4. The number of fused-ring (bicyclic) bond motifs is 8. The number of nitrogens with zero attached hydrogens (tertiary/aromatic N) is 1. The van der Waals surface area contributed by atoms with Crippen LogP contribution in [-0.2, 0) is 11.2 Å². The summed E-state index contributed by atoms with van der Waals surface area (Å²) in [6.07, 6.45) is 11.9. The summed E-state index contributed by atoms with van der Waals surface area (Å²) in [5, 5.41) is 17.5. The van der Waals surface area contributed by atoms with Gasteiger partial charge in [0, 0.05) is 17.2 Å². The number of aromatic amines is 1. The fraction of sp³-hybridized carbons (Fsp3) is 0.800. The van der Waals surface area contributed by atoms with E-state index in [0.29, 0.717) is 23.6 Å². The summed E-state index contributed by atoms with van der Waals surface area (Å²) >= 11 is 0. The quantitative estimate of drug-likeness (QED) is 0.214. The number of aromatic nitrogens is 2. The molecule has 3 unspecified atom stereocenters. The molecule has 3 fully saturated rings. The molecule has 1 aromatic rings. The van der Waals surface area contributed by atoms with Gasteiger partial charge >= 0.3 is 0 Å². The van der Waals surface area contributed by atoms with Crippen molar-refractivity contribution in [3.8, 4) is 0 Å². The Labute approximate surface area is 216 Å². The zero-order valence-corrected chi connectivity index (χ0v) is 23.1. The molecule has 6 nitrogen and oxygen atoms in total. The Morgan fingerprint density at radius 1 is 1.14 bits per heavy atom. The standard InChI is InChI=1S/C30H46N4O2/c1-17-19-9-10-29(6)22(27(19,4)15-18-23(17)32-33-24(18)31)8-7-20-21-16-26(2,3)11-13-30(21,25(35)34-36)14-12-28(20,29)5/h7,17,19,21-22,36H,8-16H2,1-6H3,(H,34,35)(H3,31,32,33)/t17-,19?,21?,22?,27+,28-,29-,30+/m1/s1. The molecule has 5 aliphatic rings. The van der Waals surface area contributed by atoms with Crippen molar-refractivity contribution in [2.75, 3.05) is 5.73 Å². The van der Waals surface area contributed by atoms with Crippen LogP contribution < -0.4 is 11.2 Å². The lowest BCUT2D eigenvalue weighted by Gasteiger charge is -2.69. The normalized spacial score (nSPS) is 46.8. The van der Waals surface area contributed by atoms with Gasteiger partial charge in [-0.15, -0.1) is 0 Å². The second-order valence-corrected chi connectivity index (χ2v) is 14.8. The summed E-state index contributed by atoms with van der Waals surface area (Å²) in [6.45, 7) is 14.7. The van der Waals surface area contributed by atoms with E-state index in [2.05, 4.69) is 63.3 Å². The van der Waals surface area contributed by atoms with E-state index in [1.807, 2.05) is 0 Å². The van der Waals surface area contributed by atoms with E-state index in [1.54, 1.807) is 0 Å². The maximum absolute atomic E-state index is 13.3. The molecule has 8 atom stereocenters. The molecule has 0 bridgehead atoms. The van der Waals surface area contributed by atoms with Gasteiger partial charge in [0.2, 0.25) is 5.91 Å². The summed E-state index contributed by atoms with van der Waals surface area (Å²) in [5.74, 6) is 2.37. The first-order valence-corrected chi connectivity index (χ1v) is 14.3. The number of anilines is 1. The van der Waals surface area contributed by atoms with Crippen LogP contribution in [0.1, 0.15) is 110 Å². The van der Waals surface area contributed by atoms with Crippen LogP contribution in [-0.4, -0.2) is 21.3 Å². The predicted octanol–water partition coefficient (Wildman–Crippen LogP) is 6.14. The van der Waals surface area contributed by atoms with E-state index in [9.17, 15) is 10.0 Å². The van der Waals surface area contributed by atoms with Crippen molar-refractivity contribution in [1.29, 1.82) is 0 Å². The van der Waals surface area contributed by atoms with Crippen LogP contribution in [0.4, 0.5) is 5.82 Å². The van der Waals surface area contributed by atoms with Crippen LogP contribution >= 0.6 is 0 Å². The van der Waals surface area contributed by atoms with Gasteiger partial charge in [-0.05, 0) is 97.2 Å². The summed E-state index contributed by atoms with van der Waals surface area (Å²) < 4.78 is 0. The molecule has 0 aliphatic heterocycles. The van der Waals surface area contributed by atoms with Crippen LogP contribution in [0.15, 0.2) is 11.6 Å². The maximum Gasteiger partial charge on any atom is 0.250 e. The van der Waals surface area contributed by atoms with Crippen molar-refractivity contribution in [2.24, 2.45) is 44.8 Å². The Balaban J connectivity index is 1.45. The number of H-pyrrole nitrogens is 1. The van der Waals surface area contributed by atoms with Crippen molar-refractivity contribution in [3.05, 3.63) is 22.9 Å². The van der Waals surface area contributed by atoms with Crippen molar-refractivity contribution in [1.82, 2.24) is 15.7 Å². The minimum Gasteiger partial charge on any atom is -0.382 e. The van der Waals surface area contributed by atoms with Crippen molar-refractivity contribution < 1.29 is 10.0 Å². The molecule has 1 heterocycles. The smallest absolute Gasteiger partial charge is 0.250 e. The molecule has 1 aromatic heterocycles. The number of carbonyl (C=O) groups excluding carboxylic acids is 1. The molecule has 6 heteroatoms. The van der Waals surface area contributed by atoms with E-state index >= 15 is 0 Å². The molecule has 0 spiro atoms. The largest absolute Gasteiger partial charge is 0.382 e. The Bertz CT molecular complexity index is 1140. The summed E-state index contributed by atoms with van der Waals surface area (Å²) in [4.78, 5) is 13.3. The topological polar surface area (TPSA) is 104 Å². The second kappa shape index (κ2) is 7.39. The highest BCUT2D eigenvalue weighted by Crippen LogP contribution is 2.75. The first-order chi connectivity index (χ1) is 16.8. The van der Waals surface area contributed by atoms with Crippen LogP contribution in [0, 0.1) is 44.8 Å². The van der Waals surface area contributed by atoms with Crippen LogP contribution in [0.2, 0.25) is 0 Å². The highest BCUT2D eigenvalue weighted by atomic mass is 16.5. The third-order valence-corrected chi connectivity index (χ3v) is 13.1. The van der Waals surface area contributed by atoms with Crippen LogP contribution in [0.5, 0.6) is 0 Å². The average Bonchev–Trinajstić information content (AvgIpc) is 3.18. The molecular weight excluding hydrogens is 448 g/mol. The molecule has 3 saturated carbocycles. The fourth-order valence-corrected chi connectivity index (χ4v) is 10.8. The van der Waals surface area contributed by atoms with Gasteiger partial charge in [0.25, 0.3) is 0 Å². The Kier molecular flexibility index (Phi) is 5.03. The maximum atomic E-state index is 13.3. The molecule has 0 aromatic carbocycles. The zero-order chi connectivity index (χ0) is 25.9. The SMILES string of the molecule is C[C@H]1c2[nH]nc(N)c2C[C@@]2(C)C1CC[C@]1(C)C2CC=C2C3CC(C)(C)CC[C@]3(C(=O)NO)CC[C@]21C. The fourth-order valence-electron chi connectivity index (χ4n) is 10.8. The summed E-state index contributed by atoms with van der Waals surface area (Å²) in [6, 6.07) is 0. The molecule has 198 valence electrons. The van der Waals surface area contributed by atoms with Gasteiger partial charge in [-0.3, -0.25) is 15.1 Å². The van der Waals surface area contributed by atoms with E-state index in [0.717, 1.165) is 44.9 Å². The molecule has 5 aliphatic carbocycles. The van der Waals surface area contributed by atoms with Crippen molar-refractivity contribution in [3.63, 3.8) is 0 Å². The Hall–Kier alpha value is -1.82. The lowest BCUT2D eigenvalue weighted by molar-refractivity contribution is -0.167. The van der Waals surface area contributed by atoms with Crippen molar-refractivity contribution >= 4 is 11.7 Å². The number of nitrogens with two attached hydrogens (primary N) is 1. The van der Waals surface area contributed by atoms with Gasteiger partial charge in [0.1, 0.15) is 5.82 Å². The molecule has 5 N–H and O–H groups in total. The van der Waals surface area contributed by atoms with E-state index in [4.69, 9.17) is 5.73 Å². The van der Waals surface area contributed by atoms with Gasteiger partial charge in [0.15, 0.2) is 0 Å². The highest BCUT2D eigenvalue weighted by Gasteiger charge is 2.68. The monoisotopic (exact) mass is 494 g/mol. The number of nitrogen functional groups attached to an aromatic ring is 1. The van der Waals surface area contributed by atoms with Gasteiger partial charge in [-0.25, -0.2) is 5.48 Å². The lowest BCUT2D eigenvalue weighted by Crippen LogP contribution is -2.64. The number of rotatable bonds is 1. The van der Waals surface area contributed by atoms with Gasteiger partial charge < -0.3 is 5.73 Å². The van der Waals surface area contributed by atoms with Gasteiger partial charge in [0.05, 0.1) is 5.41 Å². The summed E-state index contributed by atoms with van der Waals surface area (Å²) in [7, 11) is 0. The number of carbonyl (C=O) groups is 1. The minimum absolute atomic E-state index is 0.0622. The van der Waals surface area contributed by atoms with E-state index in [-0.39, 0.29) is 33.5 Å². The second-order valence-electron chi connectivity index (χ2n) is 14.8. The predicted molar refractivity (Wildman–Crippen MR) is 141 cm³/mol. The van der Waals surface area contributed by atoms with Gasteiger partial charge in [-0.1, -0.05) is 53.2 Å². The molecule has 0 radical (unpaired) electrons. The first kappa shape index (κ1) is 24.5. The third kappa shape index (κ3) is 2.83. The summed E-state index contributed by atoms with van der Waals surface area (Å²) in [5.41, 5.74) is 12.7. The Morgan fingerprint density at radius 2 is 1.86 bits per heavy atom. The molecule has 6 rings (SSSR count). The average molecular weight is 495 g/mol. The number of allylic oxidation sites excluding steroid dienone is 2. The lowest BCUT2D eigenvalue weighted by atomic mass is 9.34. The number of amides is 1. The van der Waals surface area contributed by atoms with Crippen molar-refractivity contribution in [2.45, 2.75) is 105 Å². The molecule has 1 amide bonds. The molecule has 36 heavy (non-hydrogen) atoms.